The van der Waals surface area contributed by atoms with Crippen molar-refractivity contribution in [2.24, 2.45) is 0 Å². The quantitative estimate of drug-likeness (QED) is 0.676. The molecule has 2 heterocycles. The number of H-pyrrole nitrogens is 3. The summed E-state index contributed by atoms with van der Waals surface area (Å²) in [6, 6.07) is 5.71. The SMILES string of the molecule is CN(C)c1n[nH]c(-c2ccc3[nH]c(=O)[nH]c3c2)c1Br. The summed E-state index contributed by atoms with van der Waals surface area (Å²) in [5.74, 6) is 0.831. The lowest BCUT2D eigenvalue weighted by molar-refractivity contribution is 1.01. The average molecular weight is 322 g/mol. The summed E-state index contributed by atoms with van der Waals surface area (Å²) < 4.78 is 0.898. The fraction of sp³-hybridized carbons (Fsp3) is 0.167. The molecule has 3 aromatic rings. The molecule has 19 heavy (non-hydrogen) atoms. The first-order chi connectivity index (χ1) is 9.06. The molecular weight excluding hydrogens is 310 g/mol. The molecule has 6 nitrogen and oxygen atoms in total. The van der Waals surface area contributed by atoms with E-state index in [1.165, 1.54) is 0 Å². The fourth-order valence-corrected chi connectivity index (χ4v) is 2.76. The van der Waals surface area contributed by atoms with Gasteiger partial charge in [-0.3, -0.25) is 5.10 Å². The van der Waals surface area contributed by atoms with Crippen molar-refractivity contribution in [1.29, 1.82) is 0 Å². The summed E-state index contributed by atoms with van der Waals surface area (Å²) in [4.78, 5) is 18.6. The molecule has 0 unspecified atom stereocenters. The van der Waals surface area contributed by atoms with E-state index < -0.39 is 0 Å². The van der Waals surface area contributed by atoms with Gasteiger partial charge in [-0.05, 0) is 28.1 Å². The third-order valence-corrected chi connectivity index (χ3v) is 3.67. The van der Waals surface area contributed by atoms with Crippen LogP contribution in [-0.4, -0.2) is 34.3 Å². The fourth-order valence-electron chi connectivity index (χ4n) is 1.99. The summed E-state index contributed by atoms with van der Waals surface area (Å²) in [5, 5.41) is 7.25. The van der Waals surface area contributed by atoms with Crippen LogP contribution in [0.4, 0.5) is 5.82 Å². The zero-order valence-corrected chi connectivity index (χ0v) is 12.0. The molecule has 0 bridgehead atoms. The van der Waals surface area contributed by atoms with Crippen molar-refractivity contribution in [1.82, 2.24) is 20.2 Å². The van der Waals surface area contributed by atoms with E-state index in [2.05, 4.69) is 36.1 Å². The molecule has 0 aliphatic heterocycles. The van der Waals surface area contributed by atoms with Gasteiger partial charge in [0.25, 0.3) is 0 Å². The Morgan fingerprint density at radius 1 is 1.21 bits per heavy atom. The van der Waals surface area contributed by atoms with Gasteiger partial charge in [0.2, 0.25) is 0 Å². The normalized spacial score (nSPS) is 11.1. The van der Waals surface area contributed by atoms with E-state index in [0.29, 0.717) is 0 Å². The monoisotopic (exact) mass is 321 g/mol. The number of hydrogen-bond acceptors (Lipinski definition) is 3. The second kappa shape index (κ2) is 4.27. The number of fused-ring (bicyclic) bond motifs is 1. The maximum atomic E-state index is 11.2. The Morgan fingerprint density at radius 2 is 1.95 bits per heavy atom. The predicted molar refractivity (Wildman–Crippen MR) is 78.5 cm³/mol. The Bertz CT molecular complexity index is 798. The highest BCUT2D eigenvalue weighted by Gasteiger charge is 2.14. The number of anilines is 1. The smallest absolute Gasteiger partial charge is 0.323 e. The van der Waals surface area contributed by atoms with Crippen molar-refractivity contribution in [2.75, 3.05) is 19.0 Å². The van der Waals surface area contributed by atoms with E-state index in [-0.39, 0.29) is 5.69 Å². The van der Waals surface area contributed by atoms with E-state index in [9.17, 15) is 4.79 Å². The number of rotatable bonds is 2. The highest BCUT2D eigenvalue weighted by Crippen LogP contribution is 2.33. The number of aromatic nitrogens is 4. The van der Waals surface area contributed by atoms with Crippen LogP contribution in [0.25, 0.3) is 22.3 Å². The van der Waals surface area contributed by atoms with Gasteiger partial charge in [-0.2, -0.15) is 5.10 Å². The number of nitrogens with one attached hydrogen (secondary N) is 3. The van der Waals surface area contributed by atoms with E-state index in [1.807, 2.05) is 37.2 Å². The molecule has 0 saturated carbocycles. The molecule has 3 rings (SSSR count). The third kappa shape index (κ3) is 1.95. The van der Waals surface area contributed by atoms with Gasteiger partial charge in [0.05, 0.1) is 21.2 Å². The maximum absolute atomic E-state index is 11.2. The van der Waals surface area contributed by atoms with E-state index in [1.54, 1.807) is 0 Å². The lowest BCUT2D eigenvalue weighted by atomic mass is 10.1. The van der Waals surface area contributed by atoms with E-state index in [0.717, 1.165) is 32.6 Å². The first-order valence-electron chi connectivity index (χ1n) is 5.70. The minimum Gasteiger partial charge on any atom is -0.360 e. The van der Waals surface area contributed by atoms with Gasteiger partial charge in [-0.25, -0.2) is 4.79 Å². The van der Waals surface area contributed by atoms with Crippen molar-refractivity contribution < 1.29 is 0 Å². The Labute approximate surface area is 117 Å². The van der Waals surface area contributed by atoms with Crippen molar-refractivity contribution in [2.45, 2.75) is 0 Å². The van der Waals surface area contributed by atoms with Gasteiger partial charge in [-0.15, -0.1) is 0 Å². The summed E-state index contributed by atoms with van der Waals surface area (Å²) in [5.41, 5.74) is 3.19. The van der Waals surface area contributed by atoms with Crippen LogP contribution in [0.3, 0.4) is 0 Å². The Hall–Kier alpha value is -2.02. The summed E-state index contributed by atoms with van der Waals surface area (Å²) >= 11 is 3.54. The molecule has 3 N–H and O–H groups in total. The minimum atomic E-state index is -0.204. The largest absolute Gasteiger partial charge is 0.360 e. The van der Waals surface area contributed by atoms with Gasteiger partial charge in [-0.1, -0.05) is 6.07 Å². The second-order valence-electron chi connectivity index (χ2n) is 4.47. The minimum absolute atomic E-state index is 0.204. The van der Waals surface area contributed by atoms with Crippen LogP contribution in [0.2, 0.25) is 0 Å². The highest BCUT2D eigenvalue weighted by atomic mass is 79.9. The molecule has 0 amide bonds. The zero-order chi connectivity index (χ0) is 13.6. The summed E-state index contributed by atoms with van der Waals surface area (Å²) in [7, 11) is 3.86. The van der Waals surface area contributed by atoms with Crippen LogP contribution in [0.15, 0.2) is 27.5 Å². The van der Waals surface area contributed by atoms with Crippen LogP contribution in [0, 0.1) is 0 Å². The van der Waals surface area contributed by atoms with Crippen molar-refractivity contribution in [3.8, 4) is 11.3 Å². The Balaban J connectivity index is 2.16. The molecule has 0 radical (unpaired) electrons. The first kappa shape index (κ1) is 12.0. The van der Waals surface area contributed by atoms with E-state index >= 15 is 0 Å². The molecule has 2 aromatic heterocycles. The summed E-state index contributed by atoms with van der Waals surface area (Å²) in [6.07, 6.45) is 0. The molecule has 1 aromatic carbocycles. The summed E-state index contributed by atoms with van der Waals surface area (Å²) in [6.45, 7) is 0. The van der Waals surface area contributed by atoms with Gasteiger partial charge in [0.1, 0.15) is 0 Å². The lowest BCUT2D eigenvalue weighted by Gasteiger charge is -2.08. The van der Waals surface area contributed by atoms with Crippen LogP contribution >= 0.6 is 15.9 Å². The Morgan fingerprint density at radius 3 is 2.63 bits per heavy atom. The van der Waals surface area contributed by atoms with Crippen molar-refractivity contribution >= 4 is 32.8 Å². The van der Waals surface area contributed by atoms with E-state index in [4.69, 9.17) is 0 Å². The van der Waals surface area contributed by atoms with Gasteiger partial charge >= 0.3 is 5.69 Å². The molecule has 98 valence electrons. The van der Waals surface area contributed by atoms with Crippen LogP contribution in [0.1, 0.15) is 0 Å². The van der Waals surface area contributed by atoms with Crippen LogP contribution in [0.5, 0.6) is 0 Å². The molecule has 7 heteroatoms. The first-order valence-corrected chi connectivity index (χ1v) is 6.49. The second-order valence-corrected chi connectivity index (χ2v) is 5.26. The average Bonchev–Trinajstić information content (AvgIpc) is 2.89. The van der Waals surface area contributed by atoms with Crippen LogP contribution in [-0.2, 0) is 0 Å². The molecule has 0 spiro atoms. The van der Waals surface area contributed by atoms with Gasteiger partial charge in [0.15, 0.2) is 5.82 Å². The standard InChI is InChI=1S/C12H12BrN5O/c1-18(2)11-9(13)10(16-17-11)6-3-4-7-8(5-6)15-12(19)14-7/h3-5H,1-2H3,(H,16,17)(H2,14,15,19). The molecular formula is C12H12BrN5O. The molecule has 0 fully saturated rings. The number of benzene rings is 1. The topological polar surface area (TPSA) is 80.6 Å². The molecule has 0 saturated heterocycles. The van der Waals surface area contributed by atoms with Crippen molar-refractivity contribution in [3.05, 3.63) is 33.2 Å². The Kier molecular flexibility index (Phi) is 2.70. The van der Waals surface area contributed by atoms with Crippen molar-refractivity contribution in [3.63, 3.8) is 0 Å². The molecule has 0 atom stereocenters. The molecule has 0 aliphatic carbocycles. The highest BCUT2D eigenvalue weighted by molar-refractivity contribution is 9.10. The zero-order valence-electron chi connectivity index (χ0n) is 10.4. The number of nitrogens with zero attached hydrogens (tertiary/aromatic N) is 2. The number of aromatic amines is 3. The number of halogens is 1. The van der Waals surface area contributed by atoms with Gasteiger partial charge in [0, 0.05) is 19.7 Å². The van der Waals surface area contributed by atoms with Gasteiger partial charge < -0.3 is 14.9 Å². The number of hydrogen-bond donors (Lipinski definition) is 3. The number of imidazole rings is 1. The third-order valence-electron chi connectivity index (χ3n) is 2.92. The lowest BCUT2D eigenvalue weighted by Crippen LogP contribution is -2.09. The molecule has 0 aliphatic rings. The predicted octanol–water partition coefficient (Wildman–Crippen LogP) is 2.07. The maximum Gasteiger partial charge on any atom is 0.323 e. The van der Waals surface area contributed by atoms with Crippen LogP contribution < -0.4 is 10.6 Å².